The summed E-state index contributed by atoms with van der Waals surface area (Å²) in [7, 11) is 0. The molecule has 0 unspecified atom stereocenters. The van der Waals surface area contributed by atoms with E-state index in [0.717, 1.165) is 53.8 Å². The molecule has 0 aliphatic carbocycles. The van der Waals surface area contributed by atoms with E-state index in [4.69, 9.17) is 9.47 Å². The summed E-state index contributed by atoms with van der Waals surface area (Å²) in [6.07, 6.45) is -7.19. The molecule has 0 saturated carbocycles. The molecular weight excluding hydrogens is 556 g/mol. The third-order valence-electron chi connectivity index (χ3n) is 7.57. The summed E-state index contributed by atoms with van der Waals surface area (Å²) in [5, 5.41) is 3.47. The minimum absolute atomic E-state index is 0.00914. The van der Waals surface area contributed by atoms with Crippen molar-refractivity contribution >= 4 is 0 Å². The lowest BCUT2D eigenvalue weighted by molar-refractivity contribution is -0.139. The van der Waals surface area contributed by atoms with E-state index in [1.54, 1.807) is 0 Å². The molecule has 1 fully saturated rings. The molecule has 0 aromatic heterocycles. The number of piperidine rings is 1. The third-order valence-corrected chi connectivity index (χ3v) is 7.57. The van der Waals surface area contributed by atoms with E-state index >= 15 is 0 Å². The van der Waals surface area contributed by atoms with Crippen molar-refractivity contribution in [3.63, 3.8) is 0 Å². The molecule has 42 heavy (non-hydrogen) atoms. The van der Waals surface area contributed by atoms with Crippen molar-refractivity contribution in [1.29, 1.82) is 0 Å². The summed E-state index contributed by atoms with van der Waals surface area (Å²) in [4.78, 5) is 0. The minimum atomic E-state index is -4.50. The second-order valence-corrected chi connectivity index (χ2v) is 10.3. The predicted molar refractivity (Wildman–Crippen MR) is 147 cm³/mol. The molecule has 220 valence electrons. The van der Waals surface area contributed by atoms with E-state index in [-0.39, 0.29) is 30.1 Å². The number of benzene rings is 4. The highest BCUT2D eigenvalue weighted by atomic mass is 19.4. The van der Waals surface area contributed by atoms with Gasteiger partial charge in [-0.2, -0.15) is 26.3 Å². The molecule has 4 aromatic rings. The summed E-state index contributed by atoms with van der Waals surface area (Å²) in [5.41, 5.74) is 1.61. The molecule has 5 rings (SSSR count). The van der Waals surface area contributed by atoms with Crippen LogP contribution in [0.4, 0.5) is 26.3 Å². The molecular formula is C33H29F6NO2. The molecule has 4 aromatic carbocycles. The molecule has 1 aliphatic heterocycles. The Morgan fingerprint density at radius 3 is 1.40 bits per heavy atom. The molecule has 0 atom stereocenters. The van der Waals surface area contributed by atoms with Crippen LogP contribution in [0, 0.1) is 0 Å². The number of hydrogen-bond donors (Lipinski definition) is 1. The van der Waals surface area contributed by atoms with Gasteiger partial charge in [-0.3, -0.25) is 0 Å². The molecule has 0 bridgehead atoms. The van der Waals surface area contributed by atoms with Crippen LogP contribution in [0.25, 0.3) is 0 Å². The van der Waals surface area contributed by atoms with Gasteiger partial charge in [-0.05, 0) is 65.9 Å². The van der Waals surface area contributed by atoms with Crippen LogP contribution in [0.2, 0.25) is 0 Å². The van der Waals surface area contributed by atoms with E-state index in [9.17, 15) is 26.3 Å². The monoisotopic (exact) mass is 585 g/mol. The first-order chi connectivity index (χ1) is 20.1. The smallest absolute Gasteiger partial charge is 0.419 e. The fraction of sp³-hybridized carbons (Fsp3) is 0.273. The zero-order valence-electron chi connectivity index (χ0n) is 22.6. The van der Waals surface area contributed by atoms with Crippen LogP contribution < -0.4 is 14.8 Å². The first-order valence-corrected chi connectivity index (χ1v) is 13.5. The van der Waals surface area contributed by atoms with Crippen molar-refractivity contribution in [3.8, 4) is 11.5 Å². The maximum absolute atomic E-state index is 13.3. The lowest BCUT2D eigenvalue weighted by atomic mass is 9.69. The van der Waals surface area contributed by atoms with Gasteiger partial charge in [0.05, 0.1) is 11.1 Å². The lowest BCUT2D eigenvalue weighted by Crippen LogP contribution is -2.44. The zero-order valence-corrected chi connectivity index (χ0v) is 22.6. The van der Waals surface area contributed by atoms with Crippen molar-refractivity contribution < 1.29 is 35.8 Å². The number of hydrogen-bond acceptors (Lipinski definition) is 3. The maximum atomic E-state index is 13.3. The maximum Gasteiger partial charge on any atom is 0.419 e. The highest BCUT2D eigenvalue weighted by Crippen LogP contribution is 2.40. The first kappa shape index (κ1) is 29.5. The van der Waals surface area contributed by atoms with Gasteiger partial charge in [0, 0.05) is 12.0 Å². The zero-order chi connectivity index (χ0) is 29.8. The number of ether oxygens (including phenoxy) is 2. The van der Waals surface area contributed by atoms with E-state index < -0.39 is 23.5 Å². The molecule has 0 spiro atoms. The molecule has 1 N–H and O–H groups in total. The molecule has 3 nitrogen and oxygen atoms in total. The molecule has 0 amide bonds. The highest BCUT2D eigenvalue weighted by molar-refractivity contribution is 5.43. The fourth-order valence-electron chi connectivity index (χ4n) is 5.38. The molecule has 1 saturated heterocycles. The highest BCUT2D eigenvalue weighted by Gasteiger charge is 2.37. The lowest BCUT2D eigenvalue weighted by Gasteiger charge is -2.39. The first-order valence-electron chi connectivity index (χ1n) is 13.5. The van der Waals surface area contributed by atoms with Crippen LogP contribution >= 0.6 is 0 Å². The topological polar surface area (TPSA) is 30.5 Å². The van der Waals surface area contributed by atoms with Gasteiger partial charge < -0.3 is 14.8 Å². The summed E-state index contributed by atoms with van der Waals surface area (Å²) < 4.78 is 90.9. The average molecular weight is 586 g/mol. The number of para-hydroxylation sites is 2. The summed E-state index contributed by atoms with van der Waals surface area (Å²) in [6.45, 7) is 1.56. The molecule has 0 radical (unpaired) electrons. The van der Waals surface area contributed by atoms with Crippen molar-refractivity contribution in [3.05, 3.63) is 130 Å². The second kappa shape index (κ2) is 12.1. The molecule has 1 aliphatic rings. The van der Waals surface area contributed by atoms with Gasteiger partial charge in [0.1, 0.15) is 24.7 Å². The molecule has 9 heteroatoms. The third kappa shape index (κ3) is 6.57. The largest absolute Gasteiger partial charge is 0.488 e. The van der Waals surface area contributed by atoms with E-state index in [1.165, 1.54) is 36.4 Å². The van der Waals surface area contributed by atoms with Crippen LogP contribution in [-0.4, -0.2) is 13.1 Å². The Hall–Kier alpha value is -3.98. The van der Waals surface area contributed by atoms with Crippen molar-refractivity contribution in [2.24, 2.45) is 0 Å². The van der Waals surface area contributed by atoms with Gasteiger partial charge in [-0.1, -0.05) is 72.8 Å². The van der Waals surface area contributed by atoms with Gasteiger partial charge >= 0.3 is 12.4 Å². The van der Waals surface area contributed by atoms with E-state index in [0.29, 0.717) is 6.54 Å². The van der Waals surface area contributed by atoms with Gasteiger partial charge in [-0.15, -0.1) is 0 Å². The van der Waals surface area contributed by atoms with Crippen LogP contribution in [0.3, 0.4) is 0 Å². The SMILES string of the molecule is FC(F)(F)c1ccccc1OCc1ccc(C2(c3ccc(COc4ccccc4C(F)(F)F)cc3)CCCNC2)cc1. The summed E-state index contributed by atoms with van der Waals surface area (Å²) >= 11 is 0. The van der Waals surface area contributed by atoms with Crippen molar-refractivity contribution in [2.75, 3.05) is 13.1 Å². The Morgan fingerprint density at radius 1 is 0.595 bits per heavy atom. The van der Waals surface area contributed by atoms with Gasteiger partial charge in [0.25, 0.3) is 0 Å². The average Bonchev–Trinajstić information content (AvgIpc) is 2.99. The van der Waals surface area contributed by atoms with Gasteiger partial charge in [0.2, 0.25) is 0 Å². The Morgan fingerprint density at radius 2 is 1.02 bits per heavy atom. The number of rotatable bonds is 8. The normalized spacial score (nSPS) is 15.3. The number of alkyl halides is 6. The number of halogens is 6. The standard InChI is InChI=1S/C33H29F6NO2/c34-32(35,36)27-6-1-3-8-29(27)41-20-23-10-14-25(15-11-23)31(18-5-19-40-22-31)26-16-12-24(13-17-26)21-42-30-9-4-2-7-28(30)33(37,38)39/h1-4,6-17,40H,5,18-22H2. The Balaban J connectivity index is 1.31. The van der Waals surface area contributed by atoms with Crippen LogP contribution in [-0.2, 0) is 31.0 Å². The van der Waals surface area contributed by atoms with Crippen molar-refractivity contribution in [2.45, 2.75) is 43.8 Å². The van der Waals surface area contributed by atoms with Crippen molar-refractivity contribution in [1.82, 2.24) is 5.32 Å². The van der Waals surface area contributed by atoms with Gasteiger partial charge in [0.15, 0.2) is 0 Å². The minimum Gasteiger partial charge on any atom is -0.488 e. The van der Waals surface area contributed by atoms with Crippen LogP contribution in [0.1, 0.15) is 46.2 Å². The summed E-state index contributed by atoms with van der Waals surface area (Å²) in [6, 6.07) is 25.6. The molecule has 1 heterocycles. The van der Waals surface area contributed by atoms with Gasteiger partial charge in [-0.25, -0.2) is 0 Å². The Kier molecular flexibility index (Phi) is 8.50. The van der Waals surface area contributed by atoms with Crippen LogP contribution in [0.15, 0.2) is 97.1 Å². The van der Waals surface area contributed by atoms with E-state index in [1.807, 2.05) is 48.5 Å². The second-order valence-electron chi connectivity index (χ2n) is 10.3. The summed E-state index contributed by atoms with van der Waals surface area (Å²) in [5.74, 6) is -0.430. The fourth-order valence-corrected chi connectivity index (χ4v) is 5.38. The Labute approximate surface area is 240 Å². The number of nitrogens with one attached hydrogen (secondary N) is 1. The quantitative estimate of drug-likeness (QED) is 0.210. The van der Waals surface area contributed by atoms with E-state index in [2.05, 4.69) is 5.32 Å². The van der Waals surface area contributed by atoms with Crippen LogP contribution in [0.5, 0.6) is 11.5 Å². The Bertz CT molecular complexity index is 1370. The predicted octanol–water partition coefficient (Wildman–Crippen LogP) is 8.55.